The van der Waals surface area contributed by atoms with Crippen molar-refractivity contribution in [1.29, 1.82) is 0 Å². The number of hydrogen-bond acceptors (Lipinski definition) is 3. The zero-order valence-electron chi connectivity index (χ0n) is 18.3. The van der Waals surface area contributed by atoms with Gasteiger partial charge in [0.25, 0.3) is 5.91 Å². The monoisotopic (exact) mass is 484 g/mol. The largest absolute Gasteiger partial charge is 0.482 e. The summed E-state index contributed by atoms with van der Waals surface area (Å²) >= 11 is 12.2. The predicted octanol–water partition coefficient (Wildman–Crippen LogP) is 5.67. The quantitative estimate of drug-likeness (QED) is 0.403. The van der Waals surface area contributed by atoms with Crippen molar-refractivity contribution in [2.75, 3.05) is 13.2 Å². The lowest BCUT2D eigenvalue weighted by Gasteiger charge is -2.31. The first-order valence-corrected chi connectivity index (χ1v) is 11.5. The Kier molecular flexibility index (Phi) is 9.16. The van der Waals surface area contributed by atoms with Crippen molar-refractivity contribution in [3.8, 4) is 5.75 Å². The van der Waals surface area contributed by atoms with Crippen molar-refractivity contribution in [2.45, 2.75) is 25.9 Å². The highest BCUT2D eigenvalue weighted by molar-refractivity contribution is 6.32. The molecule has 7 heteroatoms. The Morgan fingerprint density at radius 2 is 1.61 bits per heavy atom. The molecule has 0 aromatic heterocycles. The van der Waals surface area contributed by atoms with E-state index in [4.69, 9.17) is 27.9 Å². The van der Waals surface area contributed by atoms with Crippen LogP contribution in [0.15, 0.2) is 78.9 Å². The Bertz CT molecular complexity index is 1060. The van der Waals surface area contributed by atoms with Crippen LogP contribution in [0.25, 0.3) is 0 Å². The summed E-state index contributed by atoms with van der Waals surface area (Å²) < 4.78 is 5.71. The Hall–Kier alpha value is -3.02. The summed E-state index contributed by atoms with van der Waals surface area (Å²) in [6, 6.07) is 22.6. The van der Waals surface area contributed by atoms with E-state index in [0.29, 0.717) is 27.9 Å². The molecule has 3 rings (SSSR count). The number of halogens is 2. The standard InChI is InChI=1S/C26H26Cl2N2O3/c1-2-16-29-26(32)25(20-8-4-3-5-9-20)30(17-19-12-14-21(27)15-13-19)24(31)18-33-23-11-7-6-10-22(23)28/h3-15,25H,2,16-18H2,1H3,(H,29,32)/t25-/m0/s1. The van der Waals surface area contributed by atoms with Crippen molar-refractivity contribution in [2.24, 2.45) is 0 Å². The Morgan fingerprint density at radius 3 is 2.27 bits per heavy atom. The summed E-state index contributed by atoms with van der Waals surface area (Å²) in [6.07, 6.45) is 0.786. The fraction of sp³-hybridized carbons (Fsp3) is 0.231. The third-order valence-corrected chi connectivity index (χ3v) is 5.56. The first kappa shape index (κ1) is 24.6. The van der Waals surface area contributed by atoms with Crippen LogP contribution in [-0.4, -0.2) is 29.9 Å². The van der Waals surface area contributed by atoms with E-state index in [2.05, 4.69) is 5.32 Å². The van der Waals surface area contributed by atoms with Crippen LogP contribution in [0.5, 0.6) is 5.75 Å². The zero-order chi connectivity index (χ0) is 23.6. The van der Waals surface area contributed by atoms with Gasteiger partial charge in [-0.1, -0.05) is 84.7 Å². The highest BCUT2D eigenvalue weighted by atomic mass is 35.5. The zero-order valence-corrected chi connectivity index (χ0v) is 19.9. The van der Waals surface area contributed by atoms with Crippen molar-refractivity contribution in [1.82, 2.24) is 10.2 Å². The SMILES string of the molecule is CCCNC(=O)[C@H](c1ccccc1)N(Cc1ccc(Cl)cc1)C(=O)COc1ccccc1Cl. The second-order valence-corrected chi connectivity index (χ2v) is 8.32. The Labute approximate surface area is 204 Å². The molecule has 0 bridgehead atoms. The van der Waals surface area contributed by atoms with Gasteiger partial charge < -0.3 is 15.0 Å². The molecule has 3 aromatic rings. The lowest BCUT2D eigenvalue weighted by molar-refractivity contribution is -0.143. The number of benzene rings is 3. The molecule has 3 aromatic carbocycles. The van der Waals surface area contributed by atoms with E-state index in [1.165, 1.54) is 4.90 Å². The second-order valence-electron chi connectivity index (χ2n) is 7.47. The predicted molar refractivity (Wildman–Crippen MR) is 131 cm³/mol. The minimum Gasteiger partial charge on any atom is -0.482 e. The summed E-state index contributed by atoms with van der Waals surface area (Å²) in [5.41, 5.74) is 1.56. The van der Waals surface area contributed by atoms with Gasteiger partial charge in [0.05, 0.1) is 5.02 Å². The van der Waals surface area contributed by atoms with Crippen LogP contribution in [0.2, 0.25) is 10.0 Å². The average molecular weight is 485 g/mol. The van der Waals surface area contributed by atoms with Gasteiger partial charge >= 0.3 is 0 Å². The number of nitrogens with one attached hydrogen (secondary N) is 1. The van der Waals surface area contributed by atoms with Gasteiger partial charge in [0.2, 0.25) is 5.91 Å². The maximum Gasteiger partial charge on any atom is 0.261 e. The first-order valence-electron chi connectivity index (χ1n) is 10.7. The number of carbonyl (C=O) groups excluding carboxylic acids is 2. The highest BCUT2D eigenvalue weighted by Gasteiger charge is 2.31. The third kappa shape index (κ3) is 6.98. The molecular formula is C26H26Cl2N2O3. The number of amides is 2. The van der Waals surface area contributed by atoms with Gasteiger partial charge in [0.15, 0.2) is 6.61 Å². The third-order valence-electron chi connectivity index (χ3n) is 5.00. The molecule has 0 aliphatic rings. The highest BCUT2D eigenvalue weighted by Crippen LogP contribution is 2.26. The fourth-order valence-corrected chi connectivity index (χ4v) is 3.66. The lowest BCUT2D eigenvalue weighted by atomic mass is 10.0. The molecular weight excluding hydrogens is 459 g/mol. The summed E-state index contributed by atoms with van der Waals surface area (Å²) in [4.78, 5) is 28.2. The van der Waals surface area contributed by atoms with Gasteiger partial charge in [-0.15, -0.1) is 0 Å². The molecule has 5 nitrogen and oxygen atoms in total. The van der Waals surface area contributed by atoms with Crippen LogP contribution in [-0.2, 0) is 16.1 Å². The van der Waals surface area contributed by atoms with E-state index in [1.807, 2.05) is 49.4 Å². The van der Waals surface area contributed by atoms with Crippen LogP contribution in [0.4, 0.5) is 0 Å². The van der Waals surface area contributed by atoms with Crippen molar-refractivity contribution < 1.29 is 14.3 Å². The minimum atomic E-state index is -0.823. The summed E-state index contributed by atoms with van der Waals surface area (Å²) in [7, 11) is 0. The van der Waals surface area contributed by atoms with Crippen molar-refractivity contribution in [3.05, 3.63) is 100 Å². The topological polar surface area (TPSA) is 58.6 Å². The number of ether oxygens (including phenoxy) is 1. The van der Waals surface area contributed by atoms with Gasteiger partial charge in [-0.05, 0) is 41.8 Å². The molecule has 0 radical (unpaired) electrons. The molecule has 0 aliphatic carbocycles. The minimum absolute atomic E-state index is 0.209. The number of hydrogen-bond donors (Lipinski definition) is 1. The number of para-hydroxylation sites is 1. The van der Waals surface area contributed by atoms with Crippen LogP contribution < -0.4 is 10.1 Å². The van der Waals surface area contributed by atoms with E-state index in [-0.39, 0.29) is 25.0 Å². The number of rotatable bonds is 10. The summed E-state index contributed by atoms with van der Waals surface area (Å²) in [5, 5.41) is 3.94. The lowest BCUT2D eigenvalue weighted by Crippen LogP contribution is -2.45. The molecule has 2 amide bonds. The van der Waals surface area contributed by atoms with E-state index in [1.54, 1.807) is 36.4 Å². The van der Waals surface area contributed by atoms with E-state index in [9.17, 15) is 9.59 Å². The molecule has 0 spiro atoms. The average Bonchev–Trinajstić information content (AvgIpc) is 2.83. The molecule has 172 valence electrons. The molecule has 0 aliphatic heterocycles. The number of nitrogens with zero attached hydrogens (tertiary/aromatic N) is 1. The maximum atomic E-state index is 13.4. The molecule has 0 saturated carbocycles. The normalized spacial score (nSPS) is 11.5. The molecule has 0 unspecified atom stereocenters. The van der Waals surface area contributed by atoms with Gasteiger partial charge in [0, 0.05) is 18.1 Å². The molecule has 0 heterocycles. The van der Waals surface area contributed by atoms with E-state index >= 15 is 0 Å². The van der Waals surface area contributed by atoms with Gasteiger partial charge in [-0.25, -0.2) is 0 Å². The summed E-state index contributed by atoms with van der Waals surface area (Å²) in [6.45, 7) is 2.44. The van der Waals surface area contributed by atoms with Gasteiger partial charge in [-0.2, -0.15) is 0 Å². The van der Waals surface area contributed by atoms with E-state index in [0.717, 1.165) is 12.0 Å². The van der Waals surface area contributed by atoms with Gasteiger partial charge in [-0.3, -0.25) is 9.59 Å². The maximum absolute atomic E-state index is 13.4. The molecule has 0 fully saturated rings. The Morgan fingerprint density at radius 1 is 0.939 bits per heavy atom. The van der Waals surface area contributed by atoms with Crippen molar-refractivity contribution in [3.63, 3.8) is 0 Å². The van der Waals surface area contributed by atoms with Crippen molar-refractivity contribution >= 4 is 35.0 Å². The van der Waals surface area contributed by atoms with Crippen LogP contribution >= 0.6 is 23.2 Å². The summed E-state index contributed by atoms with van der Waals surface area (Å²) in [5.74, 6) is -0.181. The molecule has 1 atom stereocenters. The van der Waals surface area contributed by atoms with Crippen LogP contribution in [0.1, 0.15) is 30.5 Å². The second kappa shape index (κ2) is 12.3. The Balaban J connectivity index is 1.93. The number of carbonyl (C=O) groups is 2. The fourth-order valence-electron chi connectivity index (χ4n) is 3.35. The van der Waals surface area contributed by atoms with E-state index < -0.39 is 6.04 Å². The molecule has 0 saturated heterocycles. The first-order chi connectivity index (χ1) is 16.0. The molecule has 1 N–H and O–H groups in total. The molecule has 33 heavy (non-hydrogen) atoms. The smallest absolute Gasteiger partial charge is 0.261 e. The van der Waals surface area contributed by atoms with Crippen LogP contribution in [0, 0.1) is 0 Å². The van der Waals surface area contributed by atoms with Gasteiger partial charge in [0.1, 0.15) is 11.8 Å². The van der Waals surface area contributed by atoms with Crippen LogP contribution in [0.3, 0.4) is 0 Å².